The molecule has 1 amide bonds. The lowest BCUT2D eigenvalue weighted by atomic mass is 10.2. The van der Waals surface area contributed by atoms with Crippen molar-refractivity contribution in [2.24, 2.45) is 0 Å². The van der Waals surface area contributed by atoms with Gasteiger partial charge >= 0.3 is 0 Å². The van der Waals surface area contributed by atoms with Gasteiger partial charge in [0.15, 0.2) is 5.82 Å². The lowest BCUT2D eigenvalue weighted by Gasteiger charge is -2.24. The second-order valence-corrected chi connectivity index (χ2v) is 8.21. The maximum absolute atomic E-state index is 13.0. The number of amides is 1. The minimum atomic E-state index is 0.0120. The monoisotopic (exact) mass is 443 g/mol. The highest BCUT2D eigenvalue weighted by molar-refractivity contribution is 6.30. The average molecular weight is 444 g/mol. The van der Waals surface area contributed by atoms with E-state index in [0.717, 1.165) is 35.2 Å². The third kappa shape index (κ3) is 4.14. The van der Waals surface area contributed by atoms with Crippen molar-refractivity contribution in [1.82, 2.24) is 19.9 Å². The molecule has 0 N–H and O–H groups in total. The third-order valence-electron chi connectivity index (χ3n) is 5.66. The molecule has 2 aromatic carbocycles. The number of rotatable bonds is 3. The molecule has 32 heavy (non-hydrogen) atoms. The summed E-state index contributed by atoms with van der Waals surface area (Å²) in [5.74, 6) is 1.56. The molecule has 0 unspecified atom stereocenters. The Balaban J connectivity index is 1.45. The first-order chi connectivity index (χ1) is 15.7. The molecule has 2 aromatic heterocycles. The number of nitrogens with zero attached hydrogens (tertiary/aromatic N) is 5. The molecular weight excluding hydrogens is 422 g/mol. The molecule has 1 fully saturated rings. The van der Waals surface area contributed by atoms with Gasteiger partial charge in [-0.25, -0.2) is 9.97 Å². The van der Waals surface area contributed by atoms with Crippen LogP contribution in [0.3, 0.4) is 0 Å². The molecular formula is C25H22ClN5O. The predicted octanol–water partition coefficient (Wildman–Crippen LogP) is 4.70. The van der Waals surface area contributed by atoms with Gasteiger partial charge in [-0.15, -0.1) is 0 Å². The largest absolute Gasteiger partial charge is 0.354 e. The zero-order chi connectivity index (χ0) is 21.9. The molecule has 5 rings (SSSR count). The van der Waals surface area contributed by atoms with E-state index < -0.39 is 0 Å². The number of carbonyl (C=O) groups is 1. The van der Waals surface area contributed by atoms with Gasteiger partial charge < -0.3 is 9.80 Å². The van der Waals surface area contributed by atoms with E-state index in [1.165, 1.54) is 0 Å². The normalized spacial score (nSPS) is 14.4. The van der Waals surface area contributed by atoms with Crippen molar-refractivity contribution < 1.29 is 4.79 Å². The first kappa shape index (κ1) is 20.4. The number of pyridine rings is 1. The smallest absolute Gasteiger partial charge is 0.253 e. The number of hydrogen-bond acceptors (Lipinski definition) is 5. The summed E-state index contributed by atoms with van der Waals surface area (Å²) in [7, 11) is 0. The van der Waals surface area contributed by atoms with Crippen molar-refractivity contribution in [1.29, 1.82) is 0 Å². The van der Waals surface area contributed by atoms with Crippen LogP contribution in [0.25, 0.3) is 22.3 Å². The maximum Gasteiger partial charge on any atom is 0.253 e. The number of benzene rings is 2. The van der Waals surface area contributed by atoms with E-state index in [1.54, 1.807) is 24.5 Å². The Labute approximate surface area is 191 Å². The third-order valence-corrected chi connectivity index (χ3v) is 5.89. The van der Waals surface area contributed by atoms with Crippen LogP contribution < -0.4 is 4.90 Å². The first-order valence-corrected chi connectivity index (χ1v) is 11.0. The van der Waals surface area contributed by atoms with Crippen LogP contribution in [0.2, 0.25) is 5.02 Å². The van der Waals surface area contributed by atoms with Crippen molar-refractivity contribution in [3.63, 3.8) is 0 Å². The van der Waals surface area contributed by atoms with Gasteiger partial charge in [0.05, 0.1) is 5.52 Å². The molecule has 1 saturated heterocycles. The van der Waals surface area contributed by atoms with Gasteiger partial charge in [0.2, 0.25) is 0 Å². The van der Waals surface area contributed by atoms with Crippen LogP contribution in [-0.2, 0) is 0 Å². The van der Waals surface area contributed by atoms with Crippen molar-refractivity contribution >= 4 is 34.2 Å². The molecule has 7 heteroatoms. The van der Waals surface area contributed by atoms with Crippen molar-refractivity contribution in [2.45, 2.75) is 6.42 Å². The first-order valence-electron chi connectivity index (χ1n) is 10.7. The molecule has 0 radical (unpaired) electrons. The fourth-order valence-electron chi connectivity index (χ4n) is 4.06. The number of aromatic nitrogens is 3. The molecule has 0 atom stereocenters. The van der Waals surface area contributed by atoms with E-state index in [4.69, 9.17) is 21.6 Å². The molecule has 0 spiro atoms. The van der Waals surface area contributed by atoms with Crippen molar-refractivity contribution in [2.75, 3.05) is 31.1 Å². The maximum atomic E-state index is 13.0. The van der Waals surface area contributed by atoms with Gasteiger partial charge in [0.1, 0.15) is 5.82 Å². The fourth-order valence-corrected chi connectivity index (χ4v) is 4.25. The molecule has 1 aliphatic rings. The van der Waals surface area contributed by atoms with E-state index in [9.17, 15) is 4.79 Å². The van der Waals surface area contributed by atoms with E-state index in [-0.39, 0.29) is 5.91 Å². The average Bonchev–Trinajstić information content (AvgIpc) is 3.10. The fraction of sp³-hybridized carbons (Fsp3) is 0.200. The summed E-state index contributed by atoms with van der Waals surface area (Å²) in [6, 6.07) is 19.0. The number of hydrogen-bond donors (Lipinski definition) is 0. The molecule has 6 nitrogen and oxygen atoms in total. The highest BCUT2D eigenvalue weighted by atomic mass is 35.5. The van der Waals surface area contributed by atoms with E-state index in [0.29, 0.717) is 36.0 Å². The Morgan fingerprint density at radius 3 is 2.66 bits per heavy atom. The van der Waals surface area contributed by atoms with Gasteiger partial charge in [-0.05, 0) is 48.9 Å². The zero-order valence-electron chi connectivity index (χ0n) is 17.5. The van der Waals surface area contributed by atoms with Crippen LogP contribution in [0, 0.1) is 0 Å². The van der Waals surface area contributed by atoms with E-state index in [1.807, 2.05) is 47.4 Å². The Morgan fingerprint density at radius 2 is 1.81 bits per heavy atom. The molecule has 1 aliphatic heterocycles. The molecule has 0 aliphatic carbocycles. The summed E-state index contributed by atoms with van der Waals surface area (Å²) < 4.78 is 0. The molecule has 3 heterocycles. The predicted molar refractivity (Wildman–Crippen MR) is 127 cm³/mol. The minimum Gasteiger partial charge on any atom is -0.354 e. The van der Waals surface area contributed by atoms with Gasteiger partial charge in [-0.3, -0.25) is 9.78 Å². The van der Waals surface area contributed by atoms with Crippen LogP contribution >= 0.6 is 11.6 Å². The van der Waals surface area contributed by atoms with Gasteiger partial charge in [0, 0.05) is 60.1 Å². The molecule has 4 aromatic rings. The Hall–Kier alpha value is -3.51. The number of anilines is 1. The summed E-state index contributed by atoms with van der Waals surface area (Å²) in [4.78, 5) is 31.1. The second-order valence-electron chi connectivity index (χ2n) is 7.77. The van der Waals surface area contributed by atoms with Crippen LogP contribution in [0.15, 0.2) is 73.1 Å². The number of para-hydroxylation sites is 1. The summed E-state index contributed by atoms with van der Waals surface area (Å²) in [6.45, 7) is 2.82. The Morgan fingerprint density at radius 1 is 0.906 bits per heavy atom. The van der Waals surface area contributed by atoms with Crippen molar-refractivity contribution in [3.05, 3.63) is 83.6 Å². The standard InChI is InChI=1S/C25H22ClN5O/c26-20-8-3-6-18(16-20)25(32)31-13-5-12-30(14-15-31)24-21-9-1-2-10-22(21)28-23(29-24)19-7-4-11-27-17-19/h1-4,6-11,16-17H,5,12-15H2. The Bertz CT molecular complexity index is 1260. The number of fused-ring (bicyclic) bond motifs is 1. The Kier molecular flexibility index (Phi) is 5.69. The highest BCUT2D eigenvalue weighted by Gasteiger charge is 2.23. The lowest BCUT2D eigenvalue weighted by Crippen LogP contribution is -2.35. The van der Waals surface area contributed by atoms with Gasteiger partial charge in [0.25, 0.3) is 5.91 Å². The molecule has 0 saturated carbocycles. The van der Waals surface area contributed by atoms with E-state index in [2.05, 4.69) is 16.0 Å². The lowest BCUT2D eigenvalue weighted by molar-refractivity contribution is 0.0767. The number of carbonyl (C=O) groups excluding carboxylic acids is 1. The zero-order valence-corrected chi connectivity index (χ0v) is 18.2. The second kappa shape index (κ2) is 8.93. The summed E-state index contributed by atoms with van der Waals surface area (Å²) >= 11 is 6.09. The molecule has 160 valence electrons. The quantitative estimate of drug-likeness (QED) is 0.459. The topological polar surface area (TPSA) is 62.2 Å². The summed E-state index contributed by atoms with van der Waals surface area (Å²) in [5, 5.41) is 1.58. The van der Waals surface area contributed by atoms with E-state index >= 15 is 0 Å². The number of halogens is 1. The minimum absolute atomic E-state index is 0.0120. The summed E-state index contributed by atoms with van der Waals surface area (Å²) in [5.41, 5.74) is 2.40. The molecule has 0 bridgehead atoms. The SMILES string of the molecule is O=C(c1cccc(Cl)c1)N1CCCN(c2nc(-c3cccnc3)nc3ccccc23)CC1. The van der Waals surface area contributed by atoms with Crippen LogP contribution in [0.1, 0.15) is 16.8 Å². The van der Waals surface area contributed by atoms with Crippen molar-refractivity contribution in [3.8, 4) is 11.4 Å². The van der Waals surface area contributed by atoms with Gasteiger partial charge in [-0.2, -0.15) is 0 Å². The highest BCUT2D eigenvalue weighted by Crippen LogP contribution is 2.28. The summed E-state index contributed by atoms with van der Waals surface area (Å²) in [6.07, 6.45) is 4.38. The van der Waals surface area contributed by atoms with Crippen LogP contribution in [0.4, 0.5) is 5.82 Å². The van der Waals surface area contributed by atoms with Gasteiger partial charge in [-0.1, -0.05) is 29.8 Å². The van der Waals surface area contributed by atoms with Crippen LogP contribution in [0.5, 0.6) is 0 Å². The van der Waals surface area contributed by atoms with Crippen LogP contribution in [-0.4, -0.2) is 51.9 Å².